The monoisotopic (exact) mass is 432 g/mol. The van der Waals surface area contributed by atoms with Gasteiger partial charge in [-0.2, -0.15) is 0 Å². The van der Waals surface area contributed by atoms with Crippen molar-refractivity contribution in [1.82, 2.24) is 20.2 Å². The van der Waals surface area contributed by atoms with Crippen molar-refractivity contribution in [2.75, 3.05) is 6.54 Å². The first-order chi connectivity index (χ1) is 15.2. The first-order valence-corrected chi connectivity index (χ1v) is 12.0. The van der Waals surface area contributed by atoms with Crippen molar-refractivity contribution in [2.45, 2.75) is 51.2 Å². The third-order valence-corrected chi connectivity index (χ3v) is 7.44. The Morgan fingerprint density at radius 2 is 2.03 bits per heavy atom. The number of amides is 1. The van der Waals surface area contributed by atoms with Gasteiger partial charge >= 0.3 is 0 Å². The van der Waals surface area contributed by atoms with Gasteiger partial charge in [0.2, 0.25) is 0 Å². The molecule has 4 aromatic rings. The van der Waals surface area contributed by atoms with Crippen molar-refractivity contribution in [2.24, 2.45) is 0 Å². The van der Waals surface area contributed by atoms with E-state index in [4.69, 9.17) is 0 Å². The lowest BCUT2D eigenvalue weighted by Gasteiger charge is -2.37. The van der Waals surface area contributed by atoms with E-state index >= 15 is 0 Å². The molecule has 160 valence electrons. The van der Waals surface area contributed by atoms with Crippen molar-refractivity contribution in [3.05, 3.63) is 65.3 Å². The van der Waals surface area contributed by atoms with Crippen LogP contribution in [0.5, 0.6) is 0 Å². The summed E-state index contributed by atoms with van der Waals surface area (Å²) in [6.07, 6.45) is 4.35. The fraction of sp³-hybridized carbons (Fsp3) is 0.360. The summed E-state index contributed by atoms with van der Waals surface area (Å²) >= 11 is 1.86. The molecule has 2 N–H and O–H groups in total. The van der Waals surface area contributed by atoms with Crippen molar-refractivity contribution < 1.29 is 4.79 Å². The second-order valence-corrected chi connectivity index (χ2v) is 9.51. The van der Waals surface area contributed by atoms with E-state index in [9.17, 15) is 4.79 Å². The summed E-state index contributed by atoms with van der Waals surface area (Å²) < 4.78 is 1.34. The number of aromatic amines is 1. The normalized spacial score (nSPS) is 19.1. The first-order valence-electron chi connectivity index (χ1n) is 11.2. The predicted molar refractivity (Wildman–Crippen MR) is 128 cm³/mol. The fourth-order valence-corrected chi connectivity index (χ4v) is 5.77. The Hall–Kier alpha value is -2.70. The van der Waals surface area contributed by atoms with Crippen LogP contribution in [0.3, 0.4) is 0 Å². The zero-order valence-electron chi connectivity index (χ0n) is 17.8. The lowest BCUT2D eigenvalue weighted by Crippen LogP contribution is -2.47. The standard InChI is InChI=1S/C25H28N4OS/c1-2-29(25(30)24-27-21-11-4-5-12-22(21)28-24)19-10-7-9-18(15-19)26-16-20-14-17-8-3-6-13-23(17)31-20/h3-6,8,11-14,18-19,26H,2,7,9-10,15-16H2,1H3,(H,27,28)/t18-,19+/m1/s1. The van der Waals surface area contributed by atoms with E-state index in [2.05, 4.69) is 52.5 Å². The van der Waals surface area contributed by atoms with Gasteiger partial charge in [0.25, 0.3) is 5.91 Å². The van der Waals surface area contributed by atoms with Gasteiger partial charge in [0.05, 0.1) is 11.0 Å². The highest BCUT2D eigenvalue weighted by atomic mass is 32.1. The van der Waals surface area contributed by atoms with Gasteiger partial charge < -0.3 is 15.2 Å². The molecule has 0 aliphatic heterocycles. The smallest absolute Gasteiger partial charge is 0.289 e. The summed E-state index contributed by atoms with van der Waals surface area (Å²) in [5, 5.41) is 5.08. The number of rotatable bonds is 6. The number of fused-ring (bicyclic) bond motifs is 2. The molecule has 2 aromatic carbocycles. The third kappa shape index (κ3) is 4.23. The summed E-state index contributed by atoms with van der Waals surface area (Å²) in [7, 11) is 0. The molecule has 0 bridgehead atoms. The molecule has 0 spiro atoms. The minimum Gasteiger partial charge on any atom is -0.334 e. The van der Waals surface area contributed by atoms with Crippen LogP contribution >= 0.6 is 11.3 Å². The summed E-state index contributed by atoms with van der Waals surface area (Å²) in [4.78, 5) is 24.4. The number of hydrogen-bond donors (Lipinski definition) is 2. The van der Waals surface area contributed by atoms with Crippen molar-refractivity contribution in [1.29, 1.82) is 0 Å². The van der Waals surface area contributed by atoms with Gasteiger partial charge in [-0.25, -0.2) is 4.98 Å². The molecular weight excluding hydrogens is 404 g/mol. The Kier molecular flexibility index (Phi) is 5.74. The molecule has 6 heteroatoms. The average molecular weight is 433 g/mol. The van der Waals surface area contributed by atoms with Crippen molar-refractivity contribution >= 4 is 38.4 Å². The highest BCUT2D eigenvalue weighted by Gasteiger charge is 2.30. The number of hydrogen-bond acceptors (Lipinski definition) is 4. The predicted octanol–water partition coefficient (Wildman–Crippen LogP) is 5.34. The van der Waals surface area contributed by atoms with Gasteiger partial charge in [0, 0.05) is 34.8 Å². The van der Waals surface area contributed by atoms with Gasteiger partial charge in [-0.05, 0) is 62.3 Å². The molecule has 2 heterocycles. The van der Waals surface area contributed by atoms with Crippen molar-refractivity contribution in [3.63, 3.8) is 0 Å². The molecule has 5 nitrogen and oxygen atoms in total. The van der Waals surface area contributed by atoms with Crippen LogP contribution in [0.1, 0.15) is 48.1 Å². The van der Waals surface area contributed by atoms with Crippen LogP contribution < -0.4 is 5.32 Å². The van der Waals surface area contributed by atoms with E-state index in [1.807, 2.05) is 40.5 Å². The number of benzene rings is 2. The van der Waals surface area contributed by atoms with Gasteiger partial charge in [-0.3, -0.25) is 4.79 Å². The summed E-state index contributed by atoms with van der Waals surface area (Å²) in [5.74, 6) is 0.456. The number of carbonyl (C=O) groups is 1. The van der Waals surface area contributed by atoms with E-state index in [1.54, 1.807) is 0 Å². The maximum absolute atomic E-state index is 13.2. The Labute approximate surface area is 186 Å². The van der Waals surface area contributed by atoms with Crippen LogP contribution in [0.2, 0.25) is 0 Å². The minimum atomic E-state index is 0.00820. The molecule has 1 aliphatic rings. The van der Waals surface area contributed by atoms with Crippen LogP contribution in [-0.2, 0) is 6.54 Å². The number of thiophene rings is 1. The van der Waals surface area contributed by atoms with Crippen molar-refractivity contribution in [3.8, 4) is 0 Å². The fourth-order valence-electron chi connectivity index (χ4n) is 4.76. The number of H-pyrrole nitrogens is 1. The van der Waals surface area contributed by atoms with E-state index in [1.165, 1.54) is 15.0 Å². The third-order valence-electron chi connectivity index (χ3n) is 6.32. The number of nitrogens with zero attached hydrogens (tertiary/aromatic N) is 2. The zero-order chi connectivity index (χ0) is 21.2. The molecule has 1 amide bonds. The molecule has 0 unspecified atom stereocenters. The van der Waals surface area contributed by atoms with E-state index in [-0.39, 0.29) is 11.9 Å². The number of para-hydroxylation sites is 2. The highest BCUT2D eigenvalue weighted by molar-refractivity contribution is 7.19. The Balaban J connectivity index is 1.25. The quantitative estimate of drug-likeness (QED) is 0.432. The average Bonchev–Trinajstić information content (AvgIpc) is 3.42. The Bertz CT molecular complexity index is 1130. The molecule has 1 aliphatic carbocycles. The molecule has 2 aromatic heterocycles. The maximum Gasteiger partial charge on any atom is 0.289 e. The molecule has 0 saturated heterocycles. The lowest BCUT2D eigenvalue weighted by atomic mass is 9.89. The number of aromatic nitrogens is 2. The van der Waals surface area contributed by atoms with Gasteiger partial charge in [0.15, 0.2) is 5.82 Å². The molecule has 2 atom stereocenters. The molecular formula is C25H28N4OS. The van der Waals surface area contributed by atoms with Gasteiger partial charge in [0.1, 0.15) is 0 Å². The molecule has 31 heavy (non-hydrogen) atoms. The minimum absolute atomic E-state index is 0.00820. The van der Waals surface area contributed by atoms with E-state index in [0.29, 0.717) is 18.4 Å². The van der Waals surface area contributed by atoms with Crippen LogP contribution in [0.25, 0.3) is 21.1 Å². The van der Waals surface area contributed by atoms with E-state index < -0.39 is 0 Å². The van der Waals surface area contributed by atoms with Crippen LogP contribution in [-0.4, -0.2) is 39.4 Å². The molecule has 1 saturated carbocycles. The van der Waals surface area contributed by atoms with E-state index in [0.717, 1.165) is 43.3 Å². The van der Waals surface area contributed by atoms with Crippen LogP contribution in [0.4, 0.5) is 0 Å². The summed E-state index contributed by atoms with van der Waals surface area (Å²) in [6.45, 7) is 3.65. The zero-order valence-corrected chi connectivity index (χ0v) is 18.6. The summed E-state index contributed by atoms with van der Waals surface area (Å²) in [5.41, 5.74) is 1.75. The van der Waals surface area contributed by atoms with Gasteiger partial charge in [-0.1, -0.05) is 30.3 Å². The largest absolute Gasteiger partial charge is 0.334 e. The Morgan fingerprint density at radius 3 is 2.87 bits per heavy atom. The second kappa shape index (κ2) is 8.81. The molecule has 1 fully saturated rings. The Morgan fingerprint density at radius 1 is 1.19 bits per heavy atom. The maximum atomic E-state index is 13.2. The number of carbonyl (C=O) groups excluding carboxylic acids is 1. The van der Waals surface area contributed by atoms with Crippen LogP contribution in [0.15, 0.2) is 54.6 Å². The number of nitrogens with one attached hydrogen (secondary N) is 2. The highest BCUT2D eigenvalue weighted by Crippen LogP contribution is 2.27. The second-order valence-electron chi connectivity index (χ2n) is 8.34. The SMILES string of the molecule is CCN(C(=O)c1nc2ccccc2[nH]1)[C@H]1CCC[C@@H](NCc2cc3ccccc3s2)C1. The topological polar surface area (TPSA) is 61.0 Å². The number of imidazole rings is 1. The lowest BCUT2D eigenvalue weighted by molar-refractivity contribution is 0.0617. The first kappa shape index (κ1) is 20.2. The molecule has 5 rings (SSSR count). The van der Waals surface area contributed by atoms with Crippen LogP contribution in [0, 0.1) is 0 Å². The van der Waals surface area contributed by atoms with Gasteiger partial charge in [-0.15, -0.1) is 11.3 Å². The molecule has 0 radical (unpaired) electrons. The summed E-state index contributed by atoms with van der Waals surface area (Å²) in [6, 6.07) is 19.3.